The summed E-state index contributed by atoms with van der Waals surface area (Å²) in [6, 6.07) is 7.37. The lowest BCUT2D eigenvalue weighted by molar-refractivity contribution is -0.125. The maximum Gasteiger partial charge on any atom is 0.284 e. The zero-order valence-corrected chi connectivity index (χ0v) is 9.35. The van der Waals surface area contributed by atoms with Gasteiger partial charge in [0.05, 0.1) is 6.42 Å². The van der Waals surface area contributed by atoms with Crippen LogP contribution >= 0.6 is 0 Å². The second-order valence-electron chi connectivity index (χ2n) is 3.66. The summed E-state index contributed by atoms with van der Waals surface area (Å²) in [5, 5.41) is 3.07. The molecule has 1 atom stereocenters. The van der Waals surface area contributed by atoms with Crippen LogP contribution in [0.5, 0.6) is 0 Å². The van der Waals surface area contributed by atoms with E-state index in [9.17, 15) is 22.6 Å². The van der Waals surface area contributed by atoms with Crippen molar-refractivity contribution in [3.8, 4) is 0 Å². The molecule has 1 radical (unpaired) electrons. The molecule has 89 valence electrons. The molecule has 7 heteroatoms. The van der Waals surface area contributed by atoms with Gasteiger partial charge in [0.1, 0.15) is 0 Å². The molecule has 1 N–H and O–H groups in total. The van der Waals surface area contributed by atoms with Gasteiger partial charge in [0, 0.05) is 0 Å². The zero-order valence-electron chi connectivity index (χ0n) is 8.53. The molecule has 2 amide bonds. The van der Waals surface area contributed by atoms with E-state index < -0.39 is 33.1 Å². The first kappa shape index (κ1) is 11.7. The van der Waals surface area contributed by atoms with Gasteiger partial charge in [0.2, 0.25) is 4.75 Å². The van der Waals surface area contributed by atoms with Gasteiger partial charge < -0.3 is 0 Å². The number of nitrogens with zero attached hydrogens (tertiary/aromatic N) is 1. The number of rotatable bonds is 2. The predicted octanol–water partition coefficient (Wildman–Crippen LogP) is -0.169. The molecule has 1 heterocycles. The summed E-state index contributed by atoms with van der Waals surface area (Å²) >= 11 is 0. The number of benzene rings is 1. The van der Waals surface area contributed by atoms with Crippen molar-refractivity contribution in [3.63, 3.8) is 0 Å². The lowest BCUT2D eigenvalue weighted by Crippen LogP contribution is -2.41. The molecule has 0 aliphatic carbocycles. The molecule has 0 saturated carbocycles. The summed E-state index contributed by atoms with van der Waals surface area (Å²) in [5.41, 5.74) is 0.0436. The summed E-state index contributed by atoms with van der Waals surface area (Å²) in [6.07, 6.45) is -0.658. The fraction of sp³-hybridized carbons (Fsp3) is 0.200. The van der Waals surface area contributed by atoms with Crippen LogP contribution in [0, 0.1) is 0 Å². The number of carbonyl (C=O) groups is 2. The van der Waals surface area contributed by atoms with Gasteiger partial charge in [-0.2, -0.15) is 13.7 Å². The van der Waals surface area contributed by atoms with Crippen LogP contribution in [-0.4, -0.2) is 24.8 Å². The summed E-state index contributed by atoms with van der Waals surface area (Å²) in [4.78, 5) is 22.8. The molecule has 0 bridgehead atoms. The van der Waals surface area contributed by atoms with Crippen molar-refractivity contribution in [2.45, 2.75) is 11.2 Å². The van der Waals surface area contributed by atoms with Gasteiger partial charge in [0.25, 0.3) is 21.9 Å². The quantitative estimate of drug-likeness (QED) is 0.583. The lowest BCUT2D eigenvalue weighted by atomic mass is 9.96. The van der Waals surface area contributed by atoms with Crippen LogP contribution in [0.25, 0.3) is 0 Å². The molecular weight excluding hydrogens is 246 g/mol. The second-order valence-corrected chi connectivity index (χ2v) is 5.30. The Morgan fingerprint density at radius 1 is 1.18 bits per heavy atom. The molecular formula is C10H8NO5S. The molecule has 1 aliphatic heterocycles. The summed E-state index contributed by atoms with van der Waals surface area (Å²) in [6.45, 7) is 0. The fourth-order valence-corrected chi connectivity index (χ4v) is 2.82. The number of hydrogen-bond donors (Lipinski definition) is 1. The van der Waals surface area contributed by atoms with Gasteiger partial charge in [-0.25, -0.2) is 0 Å². The van der Waals surface area contributed by atoms with Crippen molar-refractivity contribution >= 4 is 21.9 Å². The van der Waals surface area contributed by atoms with Crippen molar-refractivity contribution < 1.29 is 22.6 Å². The van der Waals surface area contributed by atoms with Gasteiger partial charge in [-0.15, -0.1) is 0 Å². The Bertz CT molecular complexity index is 580. The molecule has 1 aliphatic rings. The van der Waals surface area contributed by atoms with Gasteiger partial charge in [-0.3, -0.25) is 14.1 Å². The first-order valence-electron chi connectivity index (χ1n) is 4.69. The largest absolute Gasteiger partial charge is 0.284 e. The molecule has 1 unspecified atom stereocenters. The monoisotopic (exact) mass is 254 g/mol. The highest BCUT2D eigenvalue weighted by molar-refractivity contribution is 7.87. The molecule has 1 saturated heterocycles. The number of amides is 2. The standard InChI is InChI=1S/C10H8NO5S/c12-8-6-10(9(13)11-8,17(14,15)16)7-4-2-1-3-5-7/h1-5H,6H2,(H,14,15,16). The minimum Gasteiger partial charge on any atom is -0.284 e. The first-order chi connectivity index (χ1) is 7.88. The van der Waals surface area contributed by atoms with E-state index in [4.69, 9.17) is 0 Å². The molecule has 1 fully saturated rings. The Kier molecular flexibility index (Phi) is 2.52. The first-order valence-corrected chi connectivity index (χ1v) is 6.13. The van der Waals surface area contributed by atoms with Crippen molar-refractivity contribution in [1.29, 1.82) is 0 Å². The maximum absolute atomic E-state index is 11.6. The SMILES string of the molecule is O=C1CC(c2ccccc2)(S(=O)(=O)O)C(=O)[N]1. The lowest BCUT2D eigenvalue weighted by Gasteiger charge is -2.21. The van der Waals surface area contributed by atoms with Crippen LogP contribution in [-0.2, 0) is 24.5 Å². The molecule has 0 aromatic heterocycles. The average Bonchev–Trinajstić information content (AvgIpc) is 2.55. The third-order valence-corrected chi connectivity index (χ3v) is 4.09. The highest BCUT2D eigenvalue weighted by Crippen LogP contribution is 2.37. The van der Waals surface area contributed by atoms with Gasteiger partial charge in [-0.05, 0) is 5.56 Å². The van der Waals surface area contributed by atoms with E-state index in [-0.39, 0.29) is 5.56 Å². The van der Waals surface area contributed by atoms with Crippen molar-refractivity contribution in [3.05, 3.63) is 35.9 Å². The fourth-order valence-electron chi connectivity index (χ4n) is 1.82. The smallest absolute Gasteiger partial charge is 0.284 e. The van der Waals surface area contributed by atoms with E-state index in [1.165, 1.54) is 24.3 Å². The Balaban J connectivity index is 2.70. The Morgan fingerprint density at radius 3 is 2.18 bits per heavy atom. The average molecular weight is 254 g/mol. The van der Waals surface area contributed by atoms with Crippen LogP contribution < -0.4 is 5.32 Å². The minimum absolute atomic E-state index is 0.0436. The van der Waals surface area contributed by atoms with E-state index in [0.717, 1.165) is 0 Å². The number of imide groups is 1. The maximum atomic E-state index is 11.6. The highest BCUT2D eigenvalue weighted by atomic mass is 32.2. The predicted molar refractivity (Wildman–Crippen MR) is 56.4 cm³/mol. The van der Waals surface area contributed by atoms with Gasteiger partial charge in [0.15, 0.2) is 0 Å². The zero-order chi connectivity index (χ0) is 12.7. The van der Waals surface area contributed by atoms with E-state index >= 15 is 0 Å². The Hall–Kier alpha value is -1.73. The van der Waals surface area contributed by atoms with Crippen molar-refractivity contribution in [2.24, 2.45) is 0 Å². The van der Waals surface area contributed by atoms with Crippen LogP contribution in [0.15, 0.2) is 30.3 Å². The normalized spacial score (nSPS) is 24.8. The topological polar surface area (TPSA) is 103 Å². The van der Waals surface area contributed by atoms with Gasteiger partial charge >= 0.3 is 0 Å². The van der Waals surface area contributed by atoms with E-state index in [0.29, 0.717) is 0 Å². The molecule has 1 aromatic rings. The number of carbonyl (C=O) groups excluding carboxylic acids is 2. The molecule has 0 spiro atoms. The molecule has 1 aromatic carbocycles. The van der Waals surface area contributed by atoms with Crippen molar-refractivity contribution in [2.75, 3.05) is 0 Å². The van der Waals surface area contributed by atoms with E-state index in [2.05, 4.69) is 5.32 Å². The van der Waals surface area contributed by atoms with E-state index in [1.807, 2.05) is 0 Å². The van der Waals surface area contributed by atoms with Crippen LogP contribution in [0.2, 0.25) is 0 Å². The molecule has 17 heavy (non-hydrogen) atoms. The molecule has 2 rings (SSSR count). The summed E-state index contributed by atoms with van der Waals surface area (Å²) < 4.78 is 29.8. The number of hydrogen-bond acceptors (Lipinski definition) is 4. The van der Waals surface area contributed by atoms with Crippen LogP contribution in [0.1, 0.15) is 12.0 Å². The third kappa shape index (κ3) is 1.63. The minimum atomic E-state index is -4.76. The summed E-state index contributed by atoms with van der Waals surface area (Å²) in [7, 11) is -4.76. The third-order valence-electron chi connectivity index (χ3n) is 2.65. The van der Waals surface area contributed by atoms with Crippen LogP contribution in [0.4, 0.5) is 0 Å². The van der Waals surface area contributed by atoms with Crippen molar-refractivity contribution in [1.82, 2.24) is 5.32 Å². The summed E-state index contributed by atoms with van der Waals surface area (Å²) in [5.74, 6) is -1.99. The second kappa shape index (κ2) is 3.64. The highest BCUT2D eigenvalue weighted by Gasteiger charge is 2.59. The van der Waals surface area contributed by atoms with E-state index in [1.54, 1.807) is 6.07 Å². The molecule has 6 nitrogen and oxygen atoms in total. The van der Waals surface area contributed by atoms with Gasteiger partial charge in [-0.1, -0.05) is 30.3 Å². The Labute approximate surface area is 97.4 Å². The Morgan fingerprint density at radius 2 is 1.76 bits per heavy atom. The van der Waals surface area contributed by atoms with Crippen LogP contribution in [0.3, 0.4) is 0 Å².